The fourth-order valence-corrected chi connectivity index (χ4v) is 3.15. The molecule has 1 aliphatic rings. The first-order valence-electron chi connectivity index (χ1n) is 7.36. The molecule has 2 aromatic heterocycles. The maximum Gasteiger partial charge on any atom is 0.272 e. The molecule has 0 radical (unpaired) electrons. The van der Waals surface area contributed by atoms with Crippen molar-refractivity contribution in [3.63, 3.8) is 0 Å². The Labute approximate surface area is 133 Å². The van der Waals surface area contributed by atoms with Crippen LogP contribution in [0, 0.1) is 0 Å². The zero-order valence-corrected chi connectivity index (χ0v) is 13.1. The number of rotatable bonds is 4. The van der Waals surface area contributed by atoms with Gasteiger partial charge < -0.3 is 16.0 Å². The summed E-state index contributed by atoms with van der Waals surface area (Å²) in [6, 6.07) is 5.83. The van der Waals surface area contributed by atoms with Crippen LogP contribution in [0.15, 0.2) is 29.8 Å². The van der Waals surface area contributed by atoms with Crippen molar-refractivity contribution in [3.05, 3.63) is 41.2 Å². The molecule has 0 aromatic carbocycles. The Morgan fingerprint density at radius 2 is 2.23 bits per heavy atom. The third-order valence-electron chi connectivity index (χ3n) is 3.81. The van der Waals surface area contributed by atoms with Crippen LogP contribution in [0.1, 0.15) is 29.0 Å². The number of hydrogen-bond acceptors (Lipinski definition) is 6. The average Bonchev–Trinajstić information content (AvgIpc) is 2.99. The third kappa shape index (κ3) is 3.61. The molecule has 22 heavy (non-hydrogen) atoms. The SMILES string of the molecule is Nc1nc(CNC2CCN(C(=O)c3ccccn3)CC2)cs1. The fraction of sp³-hybridized carbons (Fsp3) is 0.400. The minimum absolute atomic E-state index is 0.0197. The van der Waals surface area contributed by atoms with Crippen molar-refractivity contribution >= 4 is 22.4 Å². The Balaban J connectivity index is 1.47. The Bertz CT molecular complexity index is 622. The van der Waals surface area contributed by atoms with Crippen LogP contribution in [0.4, 0.5) is 5.13 Å². The fourth-order valence-electron chi connectivity index (χ4n) is 2.59. The number of hydrogen-bond donors (Lipinski definition) is 2. The van der Waals surface area contributed by atoms with Gasteiger partial charge in [0.1, 0.15) is 5.69 Å². The second-order valence-corrected chi connectivity index (χ2v) is 6.23. The molecule has 116 valence electrons. The second-order valence-electron chi connectivity index (χ2n) is 5.34. The zero-order valence-electron chi connectivity index (χ0n) is 12.2. The van der Waals surface area contributed by atoms with Crippen LogP contribution in [0.2, 0.25) is 0 Å². The first-order chi connectivity index (χ1) is 10.7. The minimum atomic E-state index is 0.0197. The quantitative estimate of drug-likeness (QED) is 0.893. The highest BCUT2D eigenvalue weighted by atomic mass is 32.1. The van der Waals surface area contributed by atoms with Gasteiger partial charge in [-0.1, -0.05) is 6.07 Å². The van der Waals surface area contributed by atoms with E-state index in [1.54, 1.807) is 12.3 Å². The first kappa shape index (κ1) is 14.9. The number of thiazole rings is 1. The Kier molecular flexibility index (Phi) is 4.65. The number of anilines is 1. The summed E-state index contributed by atoms with van der Waals surface area (Å²) in [7, 11) is 0. The number of aromatic nitrogens is 2. The molecule has 3 heterocycles. The van der Waals surface area contributed by atoms with Crippen molar-refractivity contribution in [3.8, 4) is 0 Å². The van der Waals surface area contributed by atoms with Gasteiger partial charge in [0.25, 0.3) is 5.91 Å². The number of nitrogens with zero attached hydrogens (tertiary/aromatic N) is 3. The van der Waals surface area contributed by atoms with Gasteiger partial charge in [-0.25, -0.2) is 4.98 Å². The van der Waals surface area contributed by atoms with Crippen LogP contribution in [0.5, 0.6) is 0 Å². The smallest absolute Gasteiger partial charge is 0.272 e. The molecule has 3 rings (SSSR count). The molecule has 0 unspecified atom stereocenters. The van der Waals surface area contributed by atoms with E-state index in [4.69, 9.17) is 5.73 Å². The third-order valence-corrected chi connectivity index (χ3v) is 4.53. The lowest BCUT2D eigenvalue weighted by atomic mass is 10.0. The molecule has 0 aliphatic carbocycles. The molecular weight excluding hydrogens is 298 g/mol. The molecule has 3 N–H and O–H groups in total. The molecule has 0 saturated carbocycles. The first-order valence-corrected chi connectivity index (χ1v) is 8.24. The van der Waals surface area contributed by atoms with Gasteiger partial charge in [-0.15, -0.1) is 11.3 Å². The number of amides is 1. The second kappa shape index (κ2) is 6.85. The van der Waals surface area contributed by atoms with Gasteiger partial charge in [0.2, 0.25) is 0 Å². The lowest BCUT2D eigenvalue weighted by Gasteiger charge is -2.32. The van der Waals surface area contributed by atoms with E-state index in [1.165, 1.54) is 11.3 Å². The summed E-state index contributed by atoms with van der Waals surface area (Å²) in [6.45, 7) is 2.24. The number of nitrogen functional groups attached to an aromatic ring is 1. The summed E-state index contributed by atoms with van der Waals surface area (Å²) in [6.07, 6.45) is 3.54. The van der Waals surface area contributed by atoms with E-state index >= 15 is 0 Å². The van der Waals surface area contributed by atoms with Crippen molar-refractivity contribution in [1.82, 2.24) is 20.2 Å². The molecule has 2 aromatic rings. The number of nitrogens with two attached hydrogens (primary N) is 1. The van der Waals surface area contributed by atoms with Crippen molar-refractivity contribution in [2.45, 2.75) is 25.4 Å². The van der Waals surface area contributed by atoms with Gasteiger partial charge >= 0.3 is 0 Å². The topological polar surface area (TPSA) is 84.1 Å². The molecule has 0 spiro atoms. The van der Waals surface area contributed by atoms with E-state index in [2.05, 4.69) is 15.3 Å². The lowest BCUT2D eigenvalue weighted by molar-refractivity contribution is 0.0698. The summed E-state index contributed by atoms with van der Waals surface area (Å²) >= 11 is 1.46. The minimum Gasteiger partial charge on any atom is -0.375 e. The highest BCUT2D eigenvalue weighted by molar-refractivity contribution is 7.13. The number of pyridine rings is 1. The largest absolute Gasteiger partial charge is 0.375 e. The van der Waals surface area contributed by atoms with Gasteiger partial charge in [0.05, 0.1) is 5.69 Å². The summed E-state index contributed by atoms with van der Waals surface area (Å²) in [5.74, 6) is 0.0197. The molecule has 6 nitrogen and oxygen atoms in total. The van der Waals surface area contributed by atoms with Crippen LogP contribution >= 0.6 is 11.3 Å². The number of likely N-dealkylation sites (tertiary alicyclic amines) is 1. The van der Waals surface area contributed by atoms with Gasteiger partial charge in [0, 0.05) is 37.3 Å². The van der Waals surface area contributed by atoms with Crippen LogP contribution in [-0.4, -0.2) is 39.9 Å². The Morgan fingerprint density at radius 3 is 2.86 bits per heavy atom. The molecule has 0 atom stereocenters. The van der Waals surface area contributed by atoms with Crippen molar-refractivity contribution in [1.29, 1.82) is 0 Å². The van der Waals surface area contributed by atoms with E-state index in [0.29, 0.717) is 16.9 Å². The van der Waals surface area contributed by atoms with Crippen LogP contribution < -0.4 is 11.1 Å². The van der Waals surface area contributed by atoms with E-state index in [-0.39, 0.29) is 5.91 Å². The summed E-state index contributed by atoms with van der Waals surface area (Å²) in [5.41, 5.74) is 7.12. The van der Waals surface area contributed by atoms with Gasteiger partial charge in [-0.05, 0) is 25.0 Å². The normalized spacial score (nSPS) is 15.9. The summed E-state index contributed by atoms with van der Waals surface area (Å²) in [4.78, 5) is 22.5. The Morgan fingerprint density at radius 1 is 1.41 bits per heavy atom. The maximum absolute atomic E-state index is 12.3. The average molecular weight is 317 g/mol. The summed E-state index contributed by atoms with van der Waals surface area (Å²) < 4.78 is 0. The number of nitrogens with one attached hydrogen (secondary N) is 1. The van der Waals surface area contributed by atoms with Gasteiger partial charge in [-0.2, -0.15) is 0 Å². The van der Waals surface area contributed by atoms with Crippen LogP contribution in [-0.2, 0) is 6.54 Å². The highest BCUT2D eigenvalue weighted by Gasteiger charge is 2.23. The zero-order chi connectivity index (χ0) is 15.4. The lowest BCUT2D eigenvalue weighted by Crippen LogP contribution is -2.44. The number of piperidine rings is 1. The molecule has 1 amide bonds. The molecule has 7 heteroatoms. The highest BCUT2D eigenvalue weighted by Crippen LogP contribution is 2.15. The van der Waals surface area contributed by atoms with Crippen molar-refractivity contribution < 1.29 is 4.79 Å². The van der Waals surface area contributed by atoms with E-state index in [1.807, 2.05) is 22.4 Å². The maximum atomic E-state index is 12.3. The molecular formula is C15H19N5OS. The van der Waals surface area contributed by atoms with Crippen molar-refractivity contribution in [2.24, 2.45) is 0 Å². The van der Waals surface area contributed by atoms with Gasteiger partial charge in [0.15, 0.2) is 5.13 Å². The molecule has 0 bridgehead atoms. The van der Waals surface area contributed by atoms with Crippen LogP contribution in [0.3, 0.4) is 0 Å². The monoisotopic (exact) mass is 317 g/mol. The van der Waals surface area contributed by atoms with Crippen LogP contribution in [0.25, 0.3) is 0 Å². The molecule has 1 aliphatic heterocycles. The molecule has 1 saturated heterocycles. The number of carbonyl (C=O) groups is 1. The van der Waals surface area contributed by atoms with E-state index < -0.39 is 0 Å². The molecule has 1 fully saturated rings. The van der Waals surface area contributed by atoms with E-state index in [0.717, 1.165) is 38.2 Å². The summed E-state index contributed by atoms with van der Waals surface area (Å²) in [5, 5.41) is 6.06. The van der Waals surface area contributed by atoms with Crippen molar-refractivity contribution in [2.75, 3.05) is 18.8 Å². The number of carbonyl (C=O) groups excluding carboxylic acids is 1. The van der Waals surface area contributed by atoms with E-state index in [9.17, 15) is 4.79 Å². The predicted octanol–water partition coefficient (Wildman–Crippen LogP) is 1.51. The van der Waals surface area contributed by atoms with Gasteiger partial charge in [-0.3, -0.25) is 9.78 Å². The Hall–Kier alpha value is -1.99. The standard InChI is InChI=1S/C15H19N5OS/c16-15-19-12(10-22-15)9-18-11-4-7-20(8-5-11)14(21)13-3-1-2-6-17-13/h1-3,6,10-11,18H,4-5,7-9H2,(H2,16,19). The predicted molar refractivity (Wildman–Crippen MR) is 86.5 cm³/mol.